The van der Waals surface area contributed by atoms with Crippen LogP contribution in [0.3, 0.4) is 0 Å². The molecule has 0 saturated carbocycles. The number of hydrogen-bond donors (Lipinski definition) is 0. The minimum absolute atomic E-state index is 0.237. The highest BCUT2D eigenvalue weighted by Crippen LogP contribution is 2.35. The van der Waals surface area contributed by atoms with Crippen molar-refractivity contribution >= 4 is 0 Å². The molecule has 0 radical (unpaired) electrons. The van der Waals surface area contributed by atoms with Crippen LogP contribution in [0.4, 0.5) is 0 Å². The third-order valence-corrected chi connectivity index (χ3v) is 3.32. The van der Waals surface area contributed by atoms with Gasteiger partial charge in [-0.2, -0.15) is 0 Å². The van der Waals surface area contributed by atoms with Gasteiger partial charge in [0.2, 0.25) is 0 Å². The molecule has 0 aromatic heterocycles. The van der Waals surface area contributed by atoms with E-state index in [1.54, 1.807) is 11.1 Å². The van der Waals surface area contributed by atoms with Crippen LogP contribution >= 0.6 is 0 Å². The molecule has 2 aliphatic carbocycles. The van der Waals surface area contributed by atoms with Crippen molar-refractivity contribution in [3.05, 3.63) is 35.5 Å². The predicted octanol–water partition coefficient (Wildman–Crippen LogP) is 4.26. The molecule has 0 aliphatic heterocycles. The van der Waals surface area contributed by atoms with Crippen LogP contribution < -0.4 is 0 Å². The van der Waals surface area contributed by atoms with Gasteiger partial charge in [0.25, 0.3) is 0 Å². The van der Waals surface area contributed by atoms with Gasteiger partial charge in [-0.25, -0.2) is 0 Å². The summed E-state index contributed by atoms with van der Waals surface area (Å²) in [6.45, 7) is 6.89. The summed E-state index contributed by atoms with van der Waals surface area (Å²) in [7, 11) is 0. The number of rotatable bonds is 0. The molecule has 2 aliphatic rings. The van der Waals surface area contributed by atoms with E-state index in [1.807, 2.05) is 0 Å². The van der Waals surface area contributed by atoms with Crippen LogP contribution in [-0.2, 0) is 0 Å². The fraction of sp³-hybridized carbons (Fsp3) is 0.571. The van der Waals surface area contributed by atoms with E-state index >= 15 is 0 Å². The topological polar surface area (TPSA) is 0 Å². The molecule has 0 nitrogen and oxygen atoms in total. The van der Waals surface area contributed by atoms with E-state index in [1.165, 1.54) is 19.3 Å². The first kappa shape index (κ1) is 9.76. The molecule has 0 N–H and O–H groups in total. The van der Waals surface area contributed by atoms with Crippen LogP contribution in [0.15, 0.2) is 35.5 Å². The average Bonchev–Trinajstić information content (AvgIpc) is 2.26. The minimum atomic E-state index is 0.237. The van der Waals surface area contributed by atoms with E-state index in [9.17, 15) is 0 Å². The lowest BCUT2D eigenvalue weighted by Gasteiger charge is -2.20. The lowest BCUT2D eigenvalue weighted by molar-refractivity contribution is 0.507. The second-order valence-electron chi connectivity index (χ2n) is 5.39. The molecular formula is C14H20. The molecule has 2 rings (SSSR count). The molecule has 76 valence electrons. The Morgan fingerprint density at radius 3 is 2.50 bits per heavy atom. The van der Waals surface area contributed by atoms with Crippen molar-refractivity contribution in [3.63, 3.8) is 0 Å². The van der Waals surface area contributed by atoms with Crippen LogP contribution in [0.1, 0.15) is 40.0 Å². The van der Waals surface area contributed by atoms with E-state index < -0.39 is 0 Å². The van der Waals surface area contributed by atoms with E-state index in [4.69, 9.17) is 0 Å². The molecule has 0 heteroatoms. The van der Waals surface area contributed by atoms with Crippen molar-refractivity contribution in [2.24, 2.45) is 11.3 Å². The molecule has 0 aromatic rings. The molecule has 14 heavy (non-hydrogen) atoms. The number of hydrogen-bond acceptors (Lipinski definition) is 0. The highest BCUT2D eigenvalue weighted by atomic mass is 14.2. The van der Waals surface area contributed by atoms with Gasteiger partial charge >= 0.3 is 0 Å². The Hall–Kier alpha value is -0.780. The molecule has 0 fully saturated rings. The molecule has 0 amide bonds. The van der Waals surface area contributed by atoms with Crippen LogP contribution in [0.2, 0.25) is 0 Å². The summed E-state index contributed by atoms with van der Waals surface area (Å²) in [5, 5.41) is 0. The van der Waals surface area contributed by atoms with Gasteiger partial charge < -0.3 is 0 Å². The van der Waals surface area contributed by atoms with Gasteiger partial charge in [0.15, 0.2) is 0 Å². The molecule has 0 heterocycles. The highest BCUT2D eigenvalue weighted by molar-refractivity contribution is 5.39. The van der Waals surface area contributed by atoms with Gasteiger partial charge in [0.05, 0.1) is 0 Å². The Kier molecular flexibility index (Phi) is 2.38. The van der Waals surface area contributed by atoms with Crippen molar-refractivity contribution in [3.8, 4) is 0 Å². The Balaban J connectivity index is 2.30. The van der Waals surface area contributed by atoms with Crippen molar-refractivity contribution in [1.82, 2.24) is 0 Å². The molecule has 0 saturated heterocycles. The lowest BCUT2D eigenvalue weighted by atomic mass is 9.85. The summed E-state index contributed by atoms with van der Waals surface area (Å²) in [4.78, 5) is 0. The maximum atomic E-state index is 2.36. The second-order valence-corrected chi connectivity index (χ2v) is 5.39. The SMILES string of the molecule is CC1CCC2=C(C=CC(C)(C)C=C2)C1. The summed E-state index contributed by atoms with van der Waals surface area (Å²) < 4.78 is 0. The van der Waals surface area contributed by atoms with Gasteiger partial charge in [-0.05, 0) is 36.3 Å². The zero-order valence-corrected chi connectivity index (χ0v) is 9.51. The zero-order valence-electron chi connectivity index (χ0n) is 9.51. The largest absolute Gasteiger partial charge is 0.0748 e. The smallest absolute Gasteiger partial charge is 0.00108 e. The van der Waals surface area contributed by atoms with E-state index in [-0.39, 0.29) is 5.41 Å². The minimum Gasteiger partial charge on any atom is -0.0748 e. The summed E-state index contributed by atoms with van der Waals surface area (Å²) in [5.74, 6) is 0.869. The van der Waals surface area contributed by atoms with E-state index in [0.29, 0.717) is 0 Å². The normalized spacial score (nSPS) is 30.1. The second kappa shape index (κ2) is 3.42. The highest BCUT2D eigenvalue weighted by Gasteiger charge is 2.19. The Morgan fingerprint density at radius 2 is 1.79 bits per heavy atom. The zero-order chi connectivity index (χ0) is 10.2. The lowest BCUT2D eigenvalue weighted by Crippen LogP contribution is -2.04. The first-order chi connectivity index (χ1) is 6.57. The Bertz CT molecular complexity index is 313. The Labute approximate surface area is 87.4 Å². The van der Waals surface area contributed by atoms with Crippen LogP contribution in [0.25, 0.3) is 0 Å². The van der Waals surface area contributed by atoms with Gasteiger partial charge in [-0.1, -0.05) is 45.1 Å². The Morgan fingerprint density at radius 1 is 1.14 bits per heavy atom. The van der Waals surface area contributed by atoms with E-state index in [2.05, 4.69) is 45.1 Å². The van der Waals surface area contributed by atoms with Crippen LogP contribution in [0, 0.1) is 11.3 Å². The van der Waals surface area contributed by atoms with Crippen LogP contribution in [-0.4, -0.2) is 0 Å². The standard InChI is InChI=1S/C14H20/c1-11-4-5-12-6-8-14(2,3)9-7-13(12)10-11/h6-9,11H,4-5,10H2,1-3H3. The van der Waals surface area contributed by atoms with Crippen molar-refractivity contribution in [2.45, 2.75) is 40.0 Å². The van der Waals surface area contributed by atoms with Crippen molar-refractivity contribution in [1.29, 1.82) is 0 Å². The van der Waals surface area contributed by atoms with E-state index in [0.717, 1.165) is 5.92 Å². The van der Waals surface area contributed by atoms with Gasteiger partial charge in [0.1, 0.15) is 0 Å². The maximum absolute atomic E-state index is 2.36. The fourth-order valence-electron chi connectivity index (χ4n) is 2.22. The molecule has 0 bridgehead atoms. The predicted molar refractivity (Wildman–Crippen MR) is 62.1 cm³/mol. The summed E-state index contributed by atoms with van der Waals surface area (Å²) in [6, 6.07) is 0. The third kappa shape index (κ3) is 2.00. The molecular weight excluding hydrogens is 168 g/mol. The molecule has 1 unspecified atom stereocenters. The van der Waals surface area contributed by atoms with Crippen LogP contribution in [0.5, 0.6) is 0 Å². The molecule has 1 atom stereocenters. The summed E-state index contributed by atoms with van der Waals surface area (Å²) >= 11 is 0. The third-order valence-electron chi connectivity index (χ3n) is 3.32. The summed E-state index contributed by atoms with van der Waals surface area (Å²) in [5.41, 5.74) is 3.39. The fourth-order valence-corrected chi connectivity index (χ4v) is 2.22. The summed E-state index contributed by atoms with van der Waals surface area (Å²) in [6.07, 6.45) is 13.3. The maximum Gasteiger partial charge on any atom is 0.00108 e. The van der Waals surface area contributed by atoms with Gasteiger partial charge in [-0.15, -0.1) is 0 Å². The van der Waals surface area contributed by atoms with Gasteiger partial charge in [0, 0.05) is 5.41 Å². The number of allylic oxidation sites excluding steroid dienone is 6. The van der Waals surface area contributed by atoms with Crippen molar-refractivity contribution in [2.75, 3.05) is 0 Å². The first-order valence-corrected chi connectivity index (χ1v) is 5.67. The quantitative estimate of drug-likeness (QED) is 0.533. The first-order valence-electron chi connectivity index (χ1n) is 5.67. The molecule has 0 aromatic carbocycles. The molecule has 0 spiro atoms. The average molecular weight is 188 g/mol. The van der Waals surface area contributed by atoms with Gasteiger partial charge in [-0.3, -0.25) is 0 Å². The van der Waals surface area contributed by atoms with Crippen molar-refractivity contribution < 1.29 is 0 Å². The monoisotopic (exact) mass is 188 g/mol.